The zero-order chi connectivity index (χ0) is 16.2. The van der Waals surface area contributed by atoms with Crippen molar-refractivity contribution in [2.24, 2.45) is 5.16 Å². The zero-order valence-electron chi connectivity index (χ0n) is 12.7. The maximum absolute atomic E-state index is 9.41. The smallest absolute Gasteiger partial charge is 0.117 e. The lowest BCUT2D eigenvalue weighted by Gasteiger charge is -2.16. The van der Waals surface area contributed by atoms with Gasteiger partial charge in [0.2, 0.25) is 0 Å². The minimum atomic E-state index is 0.460. The summed E-state index contributed by atoms with van der Waals surface area (Å²) in [7, 11) is 0. The Labute approximate surface area is 146 Å². The molecule has 0 aromatic heterocycles. The van der Waals surface area contributed by atoms with Gasteiger partial charge < -0.3 is 5.21 Å². The quantitative estimate of drug-likeness (QED) is 0.488. The van der Waals surface area contributed by atoms with Gasteiger partial charge in [-0.15, -0.1) is 0 Å². The number of likely N-dealkylation sites (tertiary alicyclic amines) is 1. The number of oxime groups is 1. The molecule has 1 heterocycles. The molecule has 1 aliphatic heterocycles. The summed E-state index contributed by atoms with van der Waals surface area (Å²) in [5.74, 6) is 0. The van der Waals surface area contributed by atoms with E-state index in [0.717, 1.165) is 36.3 Å². The van der Waals surface area contributed by atoms with Crippen molar-refractivity contribution < 1.29 is 5.21 Å². The molecule has 1 N–H and O–H groups in total. The predicted molar refractivity (Wildman–Crippen MR) is 94.8 cm³/mol. The van der Waals surface area contributed by atoms with Crippen LogP contribution in [0.2, 0.25) is 10.0 Å². The molecule has 2 aromatic rings. The molecule has 3 nitrogen and oxygen atoms in total. The number of halogens is 2. The largest absolute Gasteiger partial charge is 0.410 e. The molecule has 120 valence electrons. The number of rotatable bonds is 4. The SMILES string of the molecule is ON=C(c1cccc(Cl)c1)c1ccc(CN2CCCC2)c(Cl)c1. The van der Waals surface area contributed by atoms with Gasteiger partial charge in [-0.2, -0.15) is 0 Å². The summed E-state index contributed by atoms with van der Waals surface area (Å²) < 4.78 is 0. The topological polar surface area (TPSA) is 35.8 Å². The second-order valence-corrected chi connectivity index (χ2v) is 6.59. The van der Waals surface area contributed by atoms with Crippen LogP contribution >= 0.6 is 23.2 Å². The zero-order valence-corrected chi connectivity index (χ0v) is 14.2. The Bertz CT molecular complexity index is 725. The van der Waals surface area contributed by atoms with E-state index in [0.29, 0.717) is 15.8 Å². The number of hydrogen-bond donors (Lipinski definition) is 1. The molecule has 0 saturated carbocycles. The van der Waals surface area contributed by atoms with E-state index < -0.39 is 0 Å². The van der Waals surface area contributed by atoms with Crippen LogP contribution in [-0.4, -0.2) is 28.9 Å². The van der Waals surface area contributed by atoms with Crippen molar-refractivity contribution in [3.05, 3.63) is 69.2 Å². The van der Waals surface area contributed by atoms with Crippen LogP contribution in [0.1, 0.15) is 29.5 Å². The highest BCUT2D eigenvalue weighted by Crippen LogP contribution is 2.24. The lowest BCUT2D eigenvalue weighted by atomic mass is 10.0. The molecule has 0 atom stereocenters. The Balaban J connectivity index is 1.86. The molecule has 2 aromatic carbocycles. The molecule has 0 unspecified atom stereocenters. The Morgan fingerprint density at radius 3 is 2.43 bits per heavy atom. The van der Waals surface area contributed by atoms with Crippen molar-refractivity contribution in [3.8, 4) is 0 Å². The maximum atomic E-state index is 9.41. The third-order valence-corrected chi connectivity index (χ3v) is 4.70. The Kier molecular flexibility index (Phi) is 5.21. The maximum Gasteiger partial charge on any atom is 0.117 e. The van der Waals surface area contributed by atoms with Gasteiger partial charge in [-0.25, -0.2) is 0 Å². The molecule has 1 saturated heterocycles. The molecular weight excluding hydrogens is 331 g/mol. The first-order valence-electron chi connectivity index (χ1n) is 7.66. The molecule has 0 bridgehead atoms. The van der Waals surface area contributed by atoms with Crippen molar-refractivity contribution in [1.82, 2.24) is 4.90 Å². The van der Waals surface area contributed by atoms with Crippen molar-refractivity contribution in [2.75, 3.05) is 13.1 Å². The monoisotopic (exact) mass is 348 g/mol. The van der Waals surface area contributed by atoms with Gasteiger partial charge in [-0.1, -0.05) is 52.6 Å². The molecule has 1 aliphatic rings. The van der Waals surface area contributed by atoms with Gasteiger partial charge in [-0.3, -0.25) is 4.90 Å². The average molecular weight is 349 g/mol. The minimum Gasteiger partial charge on any atom is -0.410 e. The molecule has 0 radical (unpaired) electrons. The molecule has 0 aliphatic carbocycles. The van der Waals surface area contributed by atoms with E-state index >= 15 is 0 Å². The lowest BCUT2D eigenvalue weighted by molar-refractivity contribution is 0.319. The highest BCUT2D eigenvalue weighted by Gasteiger charge is 2.15. The van der Waals surface area contributed by atoms with Gasteiger partial charge in [0, 0.05) is 27.7 Å². The number of benzene rings is 2. The summed E-state index contributed by atoms with van der Waals surface area (Å²) in [5.41, 5.74) is 3.08. The Morgan fingerprint density at radius 1 is 1.04 bits per heavy atom. The summed E-state index contributed by atoms with van der Waals surface area (Å²) in [6.45, 7) is 3.12. The third-order valence-electron chi connectivity index (χ3n) is 4.12. The fourth-order valence-corrected chi connectivity index (χ4v) is 3.35. The van der Waals surface area contributed by atoms with Crippen molar-refractivity contribution >= 4 is 28.9 Å². The highest BCUT2D eigenvalue weighted by molar-refractivity contribution is 6.32. The standard InChI is InChI=1S/C18H18Cl2N2O/c19-16-5-3-4-13(10-16)18(21-23)14-6-7-15(17(20)11-14)12-22-8-1-2-9-22/h3-7,10-11,23H,1-2,8-9,12H2. The molecule has 0 amide bonds. The fraction of sp³-hybridized carbons (Fsp3) is 0.278. The van der Waals surface area contributed by atoms with Crippen molar-refractivity contribution in [2.45, 2.75) is 19.4 Å². The Hall–Kier alpha value is -1.55. The summed E-state index contributed by atoms with van der Waals surface area (Å²) in [6, 6.07) is 13.0. The lowest BCUT2D eigenvalue weighted by Crippen LogP contribution is -2.18. The molecule has 5 heteroatoms. The molecule has 0 spiro atoms. The second-order valence-electron chi connectivity index (χ2n) is 5.75. The third kappa shape index (κ3) is 3.86. The van der Waals surface area contributed by atoms with Crippen molar-refractivity contribution in [3.63, 3.8) is 0 Å². The summed E-state index contributed by atoms with van der Waals surface area (Å²) in [4.78, 5) is 2.40. The van der Waals surface area contributed by atoms with Crippen LogP contribution in [0.5, 0.6) is 0 Å². The number of hydrogen-bond acceptors (Lipinski definition) is 3. The minimum absolute atomic E-state index is 0.460. The molecule has 23 heavy (non-hydrogen) atoms. The van der Waals surface area contributed by atoms with E-state index in [1.54, 1.807) is 12.1 Å². The highest BCUT2D eigenvalue weighted by atomic mass is 35.5. The van der Waals surface area contributed by atoms with Gasteiger partial charge in [0.25, 0.3) is 0 Å². The van der Waals surface area contributed by atoms with Gasteiger partial charge >= 0.3 is 0 Å². The van der Waals surface area contributed by atoms with Crippen LogP contribution in [0.3, 0.4) is 0 Å². The van der Waals surface area contributed by atoms with Crippen LogP contribution in [0.4, 0.5) is 0 Å². The fourth-order valence-electron chi connectivity index (χ4n) is 2.92. The predicted octanol–water partition coefficient (Wildman–Crippen LogP) is 4.82. The van der Waals surface area contributed by atoms with Crippen molar-refractivity contribution in [1.29, 1.82) is 0 Å². The van der Waals surface area contributed by atoms with Gasteiger partial charge in [-0.05, 0) is 49.7 Å². The van der Waals surface area contributed by atoms with E-state index in [1.165, 1.54) is 12.8 Å². The van der Waals surface area contributed by atoms with E-state index in [-0.39, 0.29) is 0 Å². The van der Waals surface area contributed by atoms with Crippen LogP contribution in [0, 0.1) is 0 Å². The average Bonchev–Trinajstić information content (AvgIpc) is 3.04. The first kappa shape index (κ1) is 16.3. The van der Waals surface area contributed by atoms with Crippen LogP contribution < -0.4 is 0 Å². The van der Waals surface area contributed by atoms with E-state index in [2.05, 4.69) is 10.1 Å². The number of nitrogens with zero attached hydrogens (tertiary/aromatic N) is 2. The second kappa shape index (κ2) is 7.35. The molecule has 1 fully saturated rings. The van der Waals surface area contributed by atoms with Crippen LogP contribution in [-0.2, 0) is 6.54 Å². The first-order valence-corrected chi connectivity index (χ1v) is 8.42. The molecule has 3 rings (SSSR count). The van der Waals surface area contributed by atoms with Gasteiger partial charge in [0.1, 0.15) is 5.71 Å². The van der Waals surface area contributed by atoms with E-state index in [9.17, 15) is 5.21 Å². The summed E-state index contributed by atoms with van der Waals surface area (Å²) >= 11 is 12.5. The summed E-state index contributed by atoms with van der Waals surface area (Å²) in [6.07, 6.45) is 2.51. The normalized spacial score (nSPS) is 16.0. The first-order chi connectivity index (χ1) is 11.2. The van der Waals surface area contributed by atoms with Gasteiger partial charge in [0.15, 0.2) is 0 Å². The van der Waals surface area contributed by atoms with Crippen LogP contribution in [0.15, 0.2) is 47.6 Å². The van der Waals surface area contributed by atoms with Crippen LogP contribution in [0.25, 0.3) is 0 Å². The van der Waals surface area contributed by atoms with E-state index in [1.807, 2.05) is 30.3 Å². The Morgan fingerprint density at radius 2 is 1.78 bits per heavy atom. The van der Waals surface area contributed by atoms with E-state index in [4.69, 9.17) is 23.2 Å². The summed E-state index contributed by atoms with van der Waals surface area (Å²) in [5, 5.41) is 14.1. The molecular formula is C18H18Cl2N2O. The van der Waals surface area contributed by atoms with Gasteiger partial charge in [0.05, 0.1) is 0 Å².